The van der Waals surface area contributed by atoms with Gasteiger partial charge in [-0.3, -0.25) is 4.98 Å². The van der Waals surface area contributed by atoms with Crippen molar-refractivity contribution in [3.05, 3.63) is 126 Å². The van der Waals surface area contributed by atoms with Gasteiger partial charge < -0.3 is 0 Å². The van der Waals surface area contributed by atoms with Crippen molar-refractivity contribution in [2.24, 2.45) is 5.92 Å². The number of rotatable bonds is 6. The third-order valence-electron chi connectivity index (χ3n) is 6.54. The Balaban J connectivity index is 1.50. The number of aromatic nitrogens is 1. The largest absolute Gasteiger partial charge is 0.256 e. The Morgan fingerprint density at radius 2 is 1.60 bits per heavy atom. The third-order valence-corrected chi connectivity index (χ3v) is 8.37. The van der Waals surface area contributed by atoms with E-state index in [1.165, 1.54) is 5.56 Å². The molecule has 0 saturated carbocycles. The van der Waals surface area contributed by atoms with Crippen LogP contribution in [-0.4, -0.2) is 30.8 Å². The summed E-state index contributed by atoms with van der Waals surface area (Å²) in [6.07, 6.45) is 4.70. The van der Waals surface area contributed by atoms with Crippen molar-refractivity contribution in [1.82, 2.24) is 9.29 Å². The Kier molecular flexibility index (Phi) is 6.62. The quantitative estimate of drug-likeness (QED) is 0.340. The van der Waals surface area contributed by atoms with Crippen molar-refractivity contribution in [3.63, 3.8) is 0 Å². The maximum atomic E-state index is 13.5. The zero-order chi connectivity index (χ0) is 24.3. The van der Waals surface area contributed by atoms with E-state index in [1.54, 1.807) is 22.6 Å². The summed E-state index contributed by atoms with van der Waals surface area (Å²) < 4.78 is 28.7. The van der Waals surface area contributed by atoms with Crippen LogP contribution in [0.2, 0.25) is 0 Å². The molecule has 4 aromatic rings. The molecule has 1 aromatic heterocycles. The zero-order valence-corrected chi connectivity index (χ0v) is 20.5. The lowest BCUT2D eigenvalue weighted by Gasteiger charge is -2.17. The summed E-state index contributed by atoms with van der Waals surface area (Å²) in [4.78, 5) is 4.90. The zero-order valence-electron chi connectivity index (χ0n) is 19.7. The molecule has 176 valence electrons. The van der Waals surface area contributed by atoms with E-state index in [4.69, 9.17) is 0 Å². The van der Waals surface area contributed by atoms with Crippen LogP contribution in [-0.2, 0) is 16.4 Å². The molecule has 4 nitrogen and oxygen atoms in total. The molecular formula is C30H28N2O2S. The Bertz CT molecular complexity index is 1430. The van der Waals surface area contributed by atoms with Crippen LogP contribution < -0.4 is 0 Å². The molecule has 3 aromatic carbocycles. The van der Waals surface area contributed by atoms with Gasteiger partial charge in [0.15, 0.2) is 0 Å². The summed E-state index contributed by atoms with van der Waals surface area (Å²) in [5.74, 6) is 0.0697. The molecule has 0 unspecified atom stereocenters. The third kappa shape index (κ3) is 5.11. The summed E-state index contributed by atoms with van der Waals surface area (Å²) in [5.41, 5.74) is 6.44. The van der Waals surface area contributed by atoms with E-state index in [0.29, 0.717) is 18.0 Å². The lowest BCUT2D eigenvalue weighted by molar-refractivity contribution is 0.456. The predicted molar refractivity (Wildman–Crippen MR) is 141 cm³/mol. The molecule has 1 aliphatic rings. The first-order chi connectivity index (χ1) is 17.0. The van der Waals surface area contributed by atoms with Crippen LogP contribution >= 0.6 is 0 Å². The number of aryl methyl sites for hydroxylation is 1. The molecule has 1 saturated heterocycles. The van der Waals surface area contributed by atoms with Gasteiger partial charge in [0.2, 0.25) is 10.0 Å². The summed E-state index contributed by atoms with van der Waals surface area (Å²) in [6.45, 7) is 2.80. The second-order valence-electron chi connectivity index (χ2n) is 9.01. The molecule has 1 atom stereocenters. The number of sulfonamides is 1. The second-order valence-corrected chi connectivity index (χ2v) is 11.0. The number of hydrogen-bond acceptors (Lipinski definition) is 3. The standard InChI is InChI=1S/C30H28N2O2S/c1-23-14-16-28(17-15-23)35(33,34)32-21-26(19-24-9-3-2-4-10-24)27(22-32)20-25-11-5-6-12-29(25)30-13-7-8-18-31-30/h2-19,27H,20-22H2,1H3/b26-19+/t27-/m0/s1. The maximum Gasteiger partial charge on any atom is 0.243 e. The minimum atomic E-state index is -3.59. The molecule has 0 amide bonds. The first-order valence-electron chi connectivity index (χ1n) is 11.8. The van der Waals surface area contributed by atoms with E-state index in [0.717, 1.165) is 34.4 Å². The smallest absolute Gasteiger partial charge is 0.243 e. The number of hydrogen-bond donors (Lipinski definition) is 0. The van der Waals surface area contributed by atoms with Crippen LogP contribution in [0, 0.1) is 12.8 Å². The topological polar surface area (TPSA) is 50.3 Å². The van der Waals surface area contributed by atoms with Gasteiger partial charge in [0.05, 0.1) is 10.6 Å². The van der Waals surface area contributed by atoms with Crippen molar-refractivity contribution in [1.29, 1.82) is 0 Å². The molecule has 35 heavy (non-hydrogen) atoms. The van der Waals surface area contributed by atoms with Gasteiger partial charge in [-0.2, -0.15) is 4.31 Å². The van der Waals surface area contributed by atoms with Crippen LogP contribution in [0.3, 0.4) is 0 Å². The summed E-state index contributed by atoms with van der Waals surface area (Å²) in [7, 11) is -3.59. The highest BCUT2D eigenvalue weighted by Crippen LogP contribution is 2.34. The van der Waals surface area contributed by atoms with Crippen molar-refractivity contribution < 1.29 is 8.42 Å². The molecule has 5 heteroatoms. The summed E-state index contributed by atoms with van der Waals surface area (Å²) >= 11 is 0. The van der Waals surface area contributed by atoms with E-state index < -0.39 is 10.0 Å². The van der Waals surface area contributed by atoms with E-state index in [1.807, 2.05) is 67.6 Å². The van der Waals surface area contributed by atoms with Crippen molar-refractivity contribution in [2.75, 3.05) is 13.1 Å². The fraction of sp³-hybridized carbons (Fsp3) is 0.167. The van der Waals surface area contributed by atoms with E-state index in [2.05, 4.69) is 35.3 Å². The monoisotopic (exact) mass is 480 g/mol. The van der Waals surface area contributed by atoms with Gasteiger partial charge in [0.1, 0.15) is 0 Å². The van der Waals surface area contributed by atoms with Crippen LogP contribution in [0.4, 0.5) is 0 Å². The molecule has 2 heterocycles. The Hall–Kier alpha value is -3.54. The van der Waals surface area contributed by atoms with Crippen molar-refractivity contribution >= 4 is 16.1 Å². The molecule has 1 fully saturated rings. The second kappa shape index (κ2) is 9.98. The lowest BCUT2D eigenvalue weighted by Crippen LogP contribution is -2.29. The molecule has 0 N–H and O–H groups in total. The normalized spacial score (nSPS) is 17.6. The molecule has 0 radical (unpaired) electrons. The predicted octanol–water partition coefficient (Wildman–Crippen LogP) is 6.00. The van der Waals surface area contributed by atoms with Crippen LogP contribution in [0.5, 0.6) is 0 Å². The molecule has 0 aliphatic carbocycles. The van der Waals surface area contributed by atoms with Crippen molar-refractivity contribution in [3.8, 4) is 11.3 Å². The number of nitrogens with zero attached hydrogens (tertiary/aromatic N) is 2. The molecule has 1 aliphatic heterocycles. The highest BCUT2D eigenvalue weighted by atomic mass is 32.2. The van der Waals surface area contributed by atoms with Gasteiger partial charge in [-0.15, -0.1) is 0 Å². The number of benzene rings is 3. The highest BCUT2D eigenvalue weighted by Gasteiger charge is 2.36. The average molecular weight is 481 g/mol. The van der Waals surface area contributed by atoms with Gasteiger partial charge in [-0.05, 0) is 60.2 Å². The van der Waals surface area contributed by atoms with Gasteiger partial charge in [-0.25, -0.2) is 8.42 Å². The number of pyridine rings is 1. The fourth-order valence-electron chi connectivity index (χ4n) is 4.66. The van der Waals surface area contributed by atoms with Gasteiger partial charge in [0, 0.05) is 24.8 Å². The first-order valence-corrected chi connectivity index (χ1v) is 13.3. The van der Waals surface area contributed by atoms with Crippen LogP contribution in [0.25, 0.3) is 17.3 Å². The van der Waals surface area contributed by atoms with E-state index in [-0.39, 0.29) is 5.92 Å². The van der Waals surface area contributed by atoms with Gasteiger partial charge in [-0.1, -0.05) is 84.4 Å². The van der Waals surface area contributed by atoms with Gasteiger partial charge >= 0.3 is 0 Å². The van der Waals surface area contributed by atoms with E-state index in [9.17, 15) is 8.42 Å². The average Bonchev–Trinajstić information content (AvgIpc) is 3.29. The van der Waals surface area contributed by atoms with Crippen LogP contribution in [0.1, 0.15) is 16.7 Å². The molecule has 0 bridgehead atoms. The van der Waals surface area contributed by atoms with Crippen LogP contribution in [0.15, 0.2) is 114 Å². The maximum absolute atomic E-state index is 13.5. The minimum Gasteiger partial charge on any atom is -0.256 e. The summed E-state index contributed by atoms with van der Waals surface area (Å²) in [6, 6.07) is 31.4. The Morgan fingerprint density at radius 3 is 2.34 bits per heavy atom. The Labute approximate surface area is 207 Å². The molecule has 0 spiro atoms. The lowest BCUT2D eigenvalue weighted by atomic mass is 9.90. The Morgan fingerprint density at radius 1 is 0.886 bits per heavy atom. The van der Waals surface area contributed by atoms with E-state index >= 15 is 0 Å². The summed E-state index contributed by atoms with van der Waals surface area (Å²) in [5, 5.41) is 0. The van der Waals surface area contributed by atoms with Gasteiger partial charge in [0.25, 0.3) is 0 Å². The minimum absolute atomic E-state index is 0.0697. The first kappa shape index (κ1) is 23.2. The highest BCUT2D eigenvalue weighted by molar-refractivity contribution is 7.89. The fourth-order valence-corrected chi connectivity index (χ4v) is 6.13. The molecule has 5 rings (SSSR count). The SMILES string of the molecule is Cc1ccc(S(=O)(=O)N2C/C(=C\c3ccccc3)[C@@H](Cc3ccccc3-c3ccccn3)C2)cc1. The van der Waals surface area contributed by atoms with Crippen molar-refractivity contribution in [2.45, 2.75) is 18.2 Å². The molecular weight excluding hydrogens is 452 g/mol.